The Kier molecular flexibility index (Phi) is 7.83. The third kappa shape index (κ3) is 4.74. The molecular weight excluding hydrogens is 404 g/mol. The van der Waals surface area contributed by atoms with Crippen LogP contribution in [0.1, 0.15) is 29.9 Å². The molecule has 0 fully saturated rings. The van der Waals surface area contributed by atoms with Gasteiger partial charge in [0, 0.05) is 54.3 Å². The first kappa shape index (κ1) is 23.2. The first-order valence-electron chi connectivity index (χ1n) is 9.56. The third-order valence-corrected chi connectivity index (χ3v) is 4.77. The Hall–Kier alpha value is -3.06. The monoisotopic (exact) mass is 430 g/mol. The second kappa shape index (κ2) is 10.1. The highest BCUT2D eigenvalue weighted by Crippen LogP contribution is 2.33. The van der Waals surface area contributed by atoms with Crippen LogP contribution in [0.5, 0.6) is 11.5 Å². The van der Waals surface area contributed by atoms with Crippen molar-refractivity contribution >= 4 is 40.7 Å². The van der Waals surface area contributed by atoms with E-state index in [1.165, 1.54) is 0 Å². The zero-order valence-corrected chi connectivity index (χ0v) is 18.7. The average Bonchev–Trinajstić information content (AvgIpc) is 2.74. The van der Waals surface area contributed by atoms with E-state index >= 15 is 0 Å². The zero-order valence-electron chi connectivity index (χ0n) is 17.9. The molecular formula is C22H27ClN4O3. The predicted molar refractivity (Wildman–Crippen MR) is 122 cm³/mol. The average molecular weight is 431 g/mol. The number of pyridine rings is 2. The molecule has 2 heterocycles. The van der Waals surface area contributed by atoms with E-state index < -0.39 is 0 Å². The number of fused-ring (bicyclic) bond motifs is 1. The van der Waals surface area contributed by atoms with E-state index in [9.17, 15) is 4.79 Å². The topological polar surface area (TPSA) is 76.6 Å². The van der Waals surface area contributed by atoms with Gasteiger partial charge in [-0.15, -0.1) is 12.4 Å². The maximum Gasteiger partial charge on any atom is 0.257 e. The molecule has 0 saturated heterocycles. The quantitative estimate of drug-likeness (QED) is 0.590. The van der Waals surface area contributed by atoms with Crippen molar-refractivity contribution in [1.29, 1.82) is 0 Å². The number of anilines is 2. The van der Waals surface area contributed by atoms with Crippen LogP contribution in [0.25, 0.3) is 11.0 Å². The highest BCUT2D eigenvalue weighted by molar-refractivity contribution is 6.07. The highest BCUT2D eigenvalue weighted by Gasteiger charge is 2.20. The first-order valence-corrected chi connectivity index (χ1v) is 9.56. The molecule has 0 saturated carbocycles. The van der Waals surface area contributed by atoms with Gasteiger partial charge >= 0.3 is 0 Å². The Balaban J connectivity index is 0.00000320. The Morgan fingerprint density at radius 3 is 2.27 bits per heavy atom. The van der Waals surface area contributed by atoms with Crippen LogP contribution in [0, 0.1) is 6.92 Å². The van der Waals surface area contributed by atoms with Crippen LogP contribution in [0.2, 0.25) is 0 Å². The van der Waals surface area contributed by atoms with Gasteiger partial charge in [0.25, 0.3) is 5.91 Å². The summed E-state index contributed by atoms with van der Waals surface area (Å²) >= 11 is 0. The maximum absolute atomic E-state index is 13.2. The molecule has 1 N–H and O–H groups in total. The van der Waals surface area contributed by atoms with Crippen molar-refractivity contribution in [3.63, 3.8) is 0 Å². The molecule has 2 aromatic heterocycles. The van der Waals surface area contributed by atoms with Crippen molar-refractivity contribution < 1.29 is 14.3 Å². The second-order valence-corrected chi connectivity index (χ2v) is 6.57. The molecule has 0 aliphatic rings. The van der Waals surface area contributed by atoms with Gasteiger partial charge in [-0.1, -0.05) is 0 Å². The molecule has 0 aliphatic heterocycles. The van der Waals surface area contributed by atoms with Gasteiger partial charge in [0.15, 0.2) is 5.65 Å². The van der Waals surface area contributed by atoms with Gasteiger partial charge in [-0.2, -0.15) is 0 Å². The molecule has 160 valence electrons. The molecule has 0 aliphatic carbocycles. The van der Waals surface area contributed by atoms with Crippen molar-refractivity contribution in [2.24, 2.45) is 0 Å². The SMILES string of the molecule is CCN(CC)C(=O)c1cnc2nc(C)ccc2c1Nc1cc(OC)cc(OC)c1.Cl. The van der Waals surface area contributed by atoms with Crippen LogP contribution in [0.4, 0.5) is 11.4 Å². The number of carbonyl (C=O) groups excluding carboxylic acids is 1. The van der Waals surface area contributed by atoms with Gasteiger partial charge < -0.3 is 19.7 Å². The van der Waals surface area contributed by atoms with Crippen molar-refractivity contribution in [3.8, 4) is 11.5 Å². The number of aromatic nitrogens is 2. The van der Waals surface area contributed by atoms with E-state index in [0.717, 1.165) is 16.8 Å². The molecule has 1 aromatic carbocycles. The number of nitrogens with zero attached hydrogens (tertiary/aromatic N) is 3. The minimum atomic E-state index is -0.0812. The predicted octanol–water partition coefficient (Wildman–Crippen LogP) is 4.60. The molecule has 0 radical (unpaired) electrons. The van der Waals surface area contributed by atoms with Gasteiger partial charge in [-0.25, -0.2) is 9.97 Å². The summed E-state index contributed by atoms with van der Waals surface area (Å²) < 4.78 is 10.7. The number of aryl methyl sites for hydroxylation is 1. The molecule has 3 aromatic rings. The lowest BCUT2D eigenvalue weighted by Gasteiger charge is -2.21. The van der Waals surface area contributed by atoms with Crippen molar-refractivity contribution in [2.75, 3.05) is 32.6 Å². The largest absolute Gasteiger partial charge is 0.497 e. The number of halogens is 1. The molecule has 7 nitrogen and oxygen atoms in total. The van der Waals surface area contributed by atoms with Crippen molar-refractivity contribution in [3.05, 3.63) is 47.8 Å². The Bertz CT molecular complexity index is 1020. The minimum Gasteiger partial charge on any atom is -0.497 e. The van der Waals surface area contributed by atoms with Crippen LogP contribution in [-0.4, -0.2) is 48.1 Å². The summed E-state index contributed by atoms with van der Waals surface area (Å²) in [4.78, 5) is 23.9. The molecule has 0 spiro atoms. The summed E-state index contributed by atoms with van der Waals surface area (Å²) in [5.41, 5.74) is 3.34. The van der Waals surface area contributed by atoms with E-state index in [-0.39, 0.29) is 18.3 Å². The number of hydrogen-bond acceptors (Lipinski definition) is 6. The molecule has 30 heavy (non-hydrogen) atoms. The summed E-state index contributed by atoms with van der Waals surface area (Å²) in [5, 5.41) is 4.15. The van der Waals surface area contributed by atoms with E-state index in [0.29, 0.717) is 41.5 Å². The number of benzene rings is 1. The van der Waals surface area contributed by atoms with E-state index in [4.69, 9.17) is 9.47 Å². The number of rotatable bonds is 7. The summed E-state index contributed by atoms with van der Waals surface area (Å²) in [6.45, 7) is 7.07. The zero-order chi connectivity index (χ0) is 21.0. The van der Waals surface area contributed by atoms with Crippen LogP contribution in [-0.2, 0) is 0 Å². The van der Waals surface area contributed by atoms with E-state index in [1.807, 2.05) is 45.0 Å². The number of carbonyl (C=O) groups is 1. The van der Waals surface area contributed by atoms with Crippen LogP contribution in [0.15, 0.2) is 36.5 Å². The fourth-order valence-electron chi connectivity index (χ4n) is 3.17. The van der Waals surface area contributed by atoms with E-state index in [2.05, 4.69) is 15.3 Å². The fourth-order valence-corrected chi connectivity index (χ4v) is 3.17. The van der Waals surface area contributed by atoms with Gasteiger partial charge in [-0.05, 0) is 32.9 Å². The summed E-state index contributed by atoms with van der Waals surface area (Å²) in [6.07, 6.45) is 1.59. The number of methoxy groups -OCH3 is 2. The Morgan fingerprint density at radius 1 is 1.07 bits per heavy atom. The smallest absolute Gasteiger partial charge is 0.257 e. The minimum absolute atomic E-state index is 0. The lowest BCUT2D eigenvalue weighted by molar-refractivity contribution is 0.0774. The first-order chi connectivity index (χ1) is 14.0. The fraction of sp³-hybridized carbons (Fsp3) is 0.318. The lowest BCUT2D eigenvalue weighted by atomic mass is 10.1. The van der Waals surface area contributed by atoms with Gasteiger partial charge in [0.05, 0.1) is 25.5 Å². The second-order valence-electron chi connectivity index (χ2n) is 6.57. The summed E-state index contributed by atoms with van der Waals surface area (Å²) in [5.74, 6) is 1.22. The molecule has 0 bridgehead atoms. The highest BCUT2D eigenvalue weighted by atomic mass is 35.5. The standard InChI is InChI=1S/C22H26N4O3.ClH/c1-6-26(7-2)22(27)19-13-23-21-18(9-8-14(3)24-21)20(19)25-15-10-16(28-4)12-17(11-15)29-5;/h8-13H,6-7H2,1-5H3,(H,23,24,25);1H. The van der Waals surface area contributed by atoms with Crippen LogP contribution >= 0.6 is 12.4 Å². The summed E-state index contributed by atoms with van der Waals surface area (Å²) in [7, 11) is 3.20. The van der Waals surface area contributed by atoms with Crippen molar-refractivity contribution in [2.45, 2.75) is 20.8 Å². The number of amides is 1. The van der Waals surface area contributed by atoms with Crippen LogP contribution in [0.3, 0.4) is 0 Å². The number of nitrogens with one attached hydrogen (secondary N) is 1. The number of hydrogen-bond donors (Lipinski definition) is 1. The van der Waals surface area contributed by atoms with Gasteiger partial charge in [-0.3, -0.25) is 4.79 Å². The van der Waals surface area contributed by atoms with Gasteiger partial charge in [0.2, 0.25) is 0 Å². The normalized spacial score (nSPS) is 10.3. The Labute approximate surface area is 182 Å². The summed E-state index contributed by atoms with van der Waals surface area (Å²) in [6, 6.07) is 9.34. The molecule has 1 amide bonds. The van der Waals surface area contributed by atoms with Crippen LogP contribution < -0.4 is 14.8 Å². The number of ether oxygens (including phenoxy) is 2. The maximum atomic E-state index is 13.2. The molecule has 8 heteroatoms. The van der Waals surface area contributed by atoms with Gasteiger partial charge in [0.1, 0.15) is 11.5 Å². The Morgan fingerprint density at radius 2 is 1.70 bits per heavy atom. The molecule has 3 rings (SSSR count). The van der Waals surface area contributed by atoms with Crippen molar-refractivity contribution in [1.82, 2.24) is 14.9 Å². The third-order valence-electron chi connectivity index (χ3n) is 4.77. The van der Waals surface area contributed by atoms with E-state index in [1.54, 1.807) is 31.4 Å². The molecule has 0 unspecified atom stereocenters. The molecule has 0 atom stereocenters. The lowest BCUT2D eigenvalue weighted by Crippen LogP contribution is -2.31.